The van der Waals surface area contributed by atoms with Crippen LogP contribution in [0.2, 0.25) is 0 Å². The maximum absolute atomic E-state index is 12.5. The number of hydrogen-bond donors (Lipinski definition) is 3. The van der Waals surface area contributed by atoms with E-state index in [9.17, 15) is 18.0 Å². The minimum atomic E-state index is -3.98. The molecular weight excluding hydrogens is 402 g/mol. The molecule has 0 heterocycles. The van der Waals surface area contributed by atoms with E-state index in [0.717, 1.165) is 12.1 Å². The number of carboxylic acid groups (broad SMARTS) is 2. The summed E-state index contributed by atoms with van der Waals surface area (Å²) in [4.78, 5) is 22.2. The molecule has 0 radical (unpaired) electrons. The highest BCUT2D eigenvalue weighted by molar-refractivity contribution is 9.10. The predicted molar refractivity (Wildman–Crippen MR) is 90.0 cm³/mol. The Kier molecular flexibility index (Phi) is 4.95. The van der Waals surface area contributed by atoms with Crippen molar-refractivity contribution in [3.05, 3.63) is 57.6 Å². The highest BCUT2D eigenvalue weighted by Gasteiger charge is 2.21. The normalized spacial score (nSPS) is 11.1. The van der Waals surface area contributed by atoms with Crippen LogP contribution in [0.1, 0.15) is 26.3 Å². The zero-order valence-electron chi connectivity index (χ0n) is 12.3. The molecule has 0 amide bonds. The summed E-state index contributed by atoms with van der Waals surface area (Å²) in [6.45, 7) is 1.73. The van der Waals surface area contributed by atoms with Gasteiger partial charge < -0.3 is 10.2 Å². The van der Waals surface area contributed by atoms with Crippen molar-refractivity contribution in [1.82, 2.24) is 0 Å². The molecule has 0 bridgehead atoms. The van der Waals surface area contributed by atoms with Gasteiger partial charge in [0, 0.05) is 10.2 Å². The van der Waals surface area contributed by atoms with E-state index in [2.05, 4.69) is 20.7 Å². The maximum Gasteiger partial charge on any atom is 0.336 e. The van der Waals surface area contributed by atoms with E-state index in [1.54, 1.807) is 19.1 Å². The summed E-state index contributed by atoms with van der Waals surface area (Å²) in [6, 6.07) is 7.89. The number of benzene rings is 2. The van der Waals surface area contributed by atoms with E-state index in [1.165, 1.54) is 12.1 Å². The molecular formula is C15H12BrNO6S. The summed E-state index contributed by atoms with van der Waals surface area (Å²) >= 11 is 3.21. The molecule has 2 aromatic carbocycles. The quantitative estimate of drug-likeness (QED) is 0.692. The number of carbonyl (C=O) groups is 2. The first-order chi connectivity index (χ1) is 11.1. The van der Waals surface area contributed by atoms with Crippen molar-refractivity contribution < 1.29 is 28.2 Å². The van der Waals surface area contributed by atoms with Gasteiger partial charge >= 0.3 is 11.9 Å². The molecule has 0 aliphatic carbocycles. The zero-order chi connectivity index (χ0) is 18.1. The average molecular weight is 414 g/mol. The Bertz CT molecular complexity index is 939. The van der Waals surface area contributed by atoms with Crippen molar-refractivity contribution in [1.29, 1.82) is 0 Å². The molecule has 0 unspecified atom stereocenters. The molecule has 24 heavy (non-hydrogen) atoms. The summed E-state index contributed by atoms with van der Waals surface area (Å²) in [5.41, 5.74) is -0.274. The van der Waals surface area contributed by atoms with E-state index >= 15 is 0 Å². The second kappa shape index (κ2) is 6.62. The number of rotatable bonds is 5. The van der Waals surface area contributed by atoms with Gasteiger partial charge in [0.15, 0.2) is 0 Å². The third-order valence-electron chi connectivity index (χ3n) is 3.18. The first kappa shape index (κ1) is 18.0. The van der Waals surface area contributed by atoms with Crippen LogP contribution in [0.3, 0.4) is 0 Å². The van der Waals surface area contributed by atoms with Crippen molar-refractivity contribution in [3.63, 3.8) is 0 Å². The molecule has 0 spiro atoms. The zero-order valence-corrected chi connectivity index (χ0v) is 14.7. The molecule has 3 N–H and O–H groups in total. The number of carboxylic acids is 2. The minimum Gasteiger partial charge on any atom is -0.478 e. The van der Waals surface area contributed by atoms with Crippen LogP contribution in [-0.4, -0.2) is 30.6 Å². The van der Waals surface area contributed by atoms with Crippen LogP contribution in [0.25, 0.3) is 0 Å². The average Bonchev–Trinajstić information content (AvgIpc) is 2.49. The number of nitrogens with one attached hydrogen (secondary N) is 1. The minimum absolute atomic E-state index is 0.0123. The van der Waals surface area contributed by atoms with Gasteiger partial charge in [-0.25, -0.2) is 18.0 Å². The van der Waals surface area contributed by atoms with Crippen LogP contribution in [0.4, 0.5) is 5.69 Å². The fraction of sp³-hybridized carbons (Fsp3) is 0.0667. The van der Waals surface area contributed by atoms with Crippen molar-refractivity contribution in [2.24, 2.45) is 0 Å². The largest absolute Gasteiger partial charge is 0.478 e. The summed E-state index contributed by atoms with van der Waals surface area (Å²) in [5, 5.41) is 18.1. The fourth-order valence-corrected chi connectivity index (χ4v) is 4.11. The van der Waals surface area contributed by atoms with Gasteiger partial charge in [0.1, 0.15) is 4.90 Å². The standard InChI is InChI=1S/C15H12BrNO6S/c1-8-3-2-4-12(13(8)16)24(22,23)17-9-5-6-10(14(18)19)11(7-9)15(20)21/h2-7,17H,1H3,(H,18,19)(H,20,21). The Morgan fingerprint density at radius 3 is 2.25 bits per heavy atom. The summed E-state index contributed by atoms with van der Waals surface area (Å²) in [5.74, 6) is -2.88. The van der Waals surface area contributed by atoms with E-state index in [0.29, 0.717) is 10.0 Å². The first-order valence-electron chi connectivity index (χ1n) is 6.52. The summed E-state index contributed by atoms with van der Waals surface area (Å²) in [7, 11) is -3.98. The highest BCUT2D eigenvalue weighted by atomic mass is 79.9. The van der Waals surface area contributed by atoms with E-state index in [4.69, 9.17) is 10.2 Å². The molecule has 0 saturated carbocycles. The van der Waals surface area contributed by atoms with Crippen LogP contribution in [-0.2, 0) is 10.0 Å². The first-order valence-corrected chi connectivity index (χ1v) is 8.79. The molecule has 0 aliphatic heterocycles. The summed E-state index contributed by atoms with van der Waals surface area (Å²) in [6.07, 6.45) is 0. The van der Waals surface area contributed by atoms with Gasteiger partial charge in [0.2, 0.25) is 0 Å². The lowest BCUT2D eigenvalue weighted by molar-refractivity contribution is 0.0651. The van der Waals surface area contributed by atoms with Gasteiger partial charge in [0.25, 0.3) is 10.0 Å². The Morgan fingerprint density at radius 1 is 1.04 bits per heavy atom. The Labute approximate surface area is 146 Å². The number of aromatic carboxylic acids is 2. The molecule has 0 saturated heterocycles. The number of halogens is 1. The molecule has 2 aromatic rings. The number of hydrogen-bond acceptors (Lipinski definition) is 4. The maximum atomic E-state index is 12.5. The number of anilines is 1. The highest BCUT2D eigenvalue weighted by Crippen LogP contribution is 2.27. The van der Waals surface area contributed by atoms with Crippen LogP contribution < -0.4 is 4.72 Å². The molecule has 7 nitrogen and oxygen atoms in total. The lowest BCUT2D eigenvalue weighted by Crippen LogP contribution is -2.15. The lowest BCUT2D eigenvalue weighted by Gasteiger charge is -2.12. The Morgan fingerprint density at radius 2 is 1.67 bits per heavy atom. The van der Waals surface area contributed by atoms with Gasteiger partial charge in [0.05, 0.1) is 11.1 Å². The smallest absolute Gasteiger partial charge is 0.336 e. The van der Waals surface area contributed by atoms with Crippen LogP contribution in [0.5, 0.6) is 0 Å². The van der Waals surface area contributed by atoms with Gasteiger partial charge in [-0.2, -0.15) is 0 Å². The second-order valence-corrected chi connectivity index (χ2v) is 7.31. The molecule has 126 valence electrons. The SMILES string of the molecule is Cc1cccc(S(=O)(=O)Nc2ccc(C(=O)O)c(C(=O)O)c2)c1Br. The van der Waals surface area contributed by atoms with Crippen LogP contribution >= 0.6 is 15.9 Å². The van der Waals surface area contributed by atoms with Crippen LogP contribution in [0, 0.1) is 6.92 Å². The van der Waals surface area contributed by atoms with Crippen molar-refractivity contribution in [3.8, 4) is 0 Å². The van der Waals surface area contributed by atoms with E-state index in [1.807, 2.05) is 0 Å². The second-order valence-electron chi connectivity index (χ2n) is 4.86. The fourth-order valence-electron chi connectivity index (χ4n) is 2.01. The Hall–Kier alpha value is -2.39. The third kappa shape index (κ3) is 3.57. The van der Waals surface area contributed by atoms with Gasteiger partial charge in [-0.05, 0) is 52.7 Å². The molecule has 9 heteroatoms. The molecule has 0 aromatic heterocycles. The van der Waals surface area contributed by atoms with E-state index in [-0.39, 0.29) is 10.6 Å². The number of sulfonamides is 1. The Balaban J connectivity index is 2.47. The van der Waals surface area contributed by atoms with Crippen LogP contribution in [0.15, 0.2) is 45.8 Å². The number of aryl methyl sites for hydroxylation is 1. The summed E-state index contributed by atoms with van der Waals surface area (Å²) < 4.78 is 27.6. The lowest BCUT2D eigenvalue weighted by atomic mass is 10.1. The van der Waals surface area contributed by atoms with E-state index < -0.39 is 33.1 Å². The van der Waals surface area contributed by atoms with Crippen molar-refractivity contribution >= 4 is 43.6 Å². The topological polar surface area (TPSA) is 121 Å². The van der Waals surface area contributed by atoms with Gasteiger partial charge in [-0.1, -0.05) is 12.1 Å². The predicted octanol–water partition coefficient (Wildman–Crippen LogP) is 2.95. The van der Waals surface area contributed by atoms with Crippen molar-refractivity contribution in [2.75, 3.05) is 4.72 Å². The molecule has 0 aliphatic rings. The molecule has 0 atom stereocenters. The molecule has 0 fully saturated rings. The van der Waals surface area contributed by atoms with Gasteiger partial charge in [-0.3, -0.25) is 4.72 Å². The van der Waals surface area contributed by atoms with Crippen molar-refractivity contribution in [2.45, 2.75) is 11.8 Å². The monoisotopic (exact) mass is 413 g/mol. The van der Waals surface area contributed by atoms with Gasteiger partial charge in [-0.15, -0.1) is 0 Å². The molecule has 2 rings (SSSR count). The third-order valence-corrected chi connectivity index (χ3v) is 5.92.